The smallest absolute Gasteiger partial charge is 0.302 e. The van der Waals surface area contributed by atoms with Gasteiger partial charge in [-0.25, -0.2) is 0 Å². The van der Waals surface area contributed by atoms with Gasteiger partial charge < -0.3 is 15.0 Å². The van der Waals surface area contributed by atoms with E-state index >= 15 is 0 Å². The average molecular weight is 567 g/mol. The van der Waals surface area contributed by atoms with Gasteiger partial charge in [-0.3, -0.25) is 9.59 Å². The molecule has 1 aliphatic heterocycles. The molecule has 5 fully saturated rings. The number of ether oxygens (including phenoxy) is 1. The molecule has 0 radical (unpaired) electrons. The van der Waals surface area contributed by atoms with Crippen LogP contribution in [0.3, 0.4) is 0 Å². The van der Waals surface area contributed by atoms with Gasteiger partial charge in [-0.05, 0) is 104 Å². The van der Waals surface area contributed by atoms with Crippen molar-refractivity contribution in [2.45, 2.75) is 126 Å². The van der Waals surface area contributed by atoms with Crippen molar-refractivity contribution in [2.24, 2.45) is 50.2 Å². The van der Waals surface area contributed by atoms with E-state index in [9.17, 15) is 9.59 Å². The van der Waals surface area contributed by atoms with Gasteiger partial charge in [0.25, 0.3) is 0 Å². The van der Waals surface area contributed by atoms with Crippen molar-refractivity contribution in [2.75, 3.05) is 26.2 Å². The van der Waals surface area contributed by atoms with Crippen molar-refractivity contribution in [1.29, 1.82) is 0 Å². The molecule has 5 nitrogen and oxygen atoms in total. The average Bonchev–Trinajstić information content (AvgIpc) is 2.90. The Morgan fingerprint density at radius 1 is 0.878 bits per heavy atom. The molecule has 41 heavy (non-hydrogen) atoms. The van der Waals surface area contributed by atoms with Gasteiger partial charge in [0, 0.05) is 38.5 Å². The van der Waals surface area contributed by atoms with Crippen LogP contribution in [0.5, 0.6) is 0 Å². The summed E-state index contributed by atoms with van der Waals surface area (Å²) in [6.45, 7) is 22.6. The highest BCUT2D eigenvalue weighted by molar-refractivity contribution is 5.84. The lowest BCUT2D eigenvalue weighted by atomic mass is 9.33. The predicted octanol–water partition coefficient (Wildman–Crippen LogP) is 7.15. The summed E-state index contributed by atoms with van der Waals surface area (Å²) < 4.78 is 5.94. The quantitative estimate of drug-likeness (QED) is 0.285. The molecule has 0 aromatic heterocycles. The minimum absolute atomic E-state index is 0.0171. The first-order valence-electron chi connectivity index (χ1n) is 17.0. The lowest BCUT2D eigenvalue weighted by Crippen LogP contribution is -2.66. The molecular formula is C36H58N2O3. The van der Waals surface area contributed by atoms with Gasteiger partial charge in [-0.1, -0.05) is 60.1 Å². The Labute approximate surface area is 250 Å². The predicted molar refractivity (Wildman–Crippen MR) is 164 cm³/mol. The zero-order chi connectivity index (χ0) is 29.6. The molecule has 0 aromatic carbocycles. The van der Waals surface area contributed by atoms with Crippen LogP contribution in [-0.4, -0.2) is 49.1 Å². The van der Waals surface area contributed by atoms with Crippen LogP contribution in [-0.2, 0) is 14.3 Å². The molecule has 4 saturated carbocycles. The highest BCUT2D eigenvalue weighted by Crippen LogP contribution is 2.76. The highest BCUT2D eigenvalue weighted by Gasteiger charge is 2.69. The summed E-state index contributed by atoms with van der Waals surface area (Å²) in [4.78, 5) is 28.7. The molecule has 1 heterocycles. The van der Waals surface area contributed by atoms with Gasteiger partial charge >= 0.3 is 5.97 Å². The van der Waals surface area contributed by atoms with Crippen molar-refractivity contribution in [1.82, 2.24) is 10.2 Å². The van der Waals surface area contributed by atoms with Crippen LogP contribution in [0.25, 0.3) is 0 Å². The number of allylic oxidation sites excluding steroid dienone is 2. The van der Waals surface area contributed by atoms with E-state index < -0.39 is 0 Å². The van der Waals surface area contributed by atoms with Gasteiger partial charge in [0.1, 0.15) is 6.10 Å². The summed E-state index contributed by atoms with van der Waals surface area (Å²) in [6.07, 6.45) is 13.9. The largest absolute Gasteiger partial charge is 0.462 e. The zero-order valence-electron chi connectivity index (χ0n) is 27.5. The van der Waals surface area contributed by atoms with Gasteiger partial charge in [-0.15, -0.1) is 0 Å². The Bertz CT molecular complexity index is 1120. The number of esters is 1. The lowest BCUT2D eigenvalue weighted by molar-refractivity contribution is -0.212. The maximum atomic E-state index is 14.5. The number of nitrogens with zero attached hydrogens (tertiary/aromatic N) is 1. The van der Waals surface area contributed by atoms with Crippen LogP contribution in [0.2, 0.25) is 0 Å². The summed E-state index contributed by atoms with van der Waals surface area (Å²) in [5, 5.41) is 3.46. The molecule has 6 rings (SSSR count). The third kappa shape index (κ3) is 4.16. The van der Waals surface area contributed by atoms with E-state index in [2.05, 4.69) is 64.8 Å². The van der Waals surface area contributed by atoms with Crippen molar-refractivity contribution >= 4 is 11.9 Å². The zero-order valence-corrected chi connectivity index (χ0v) is 27.5. The number of rotatable bonds is 2. The second-order valence-corrected chi connectivity index (χ2v) is 17.4. The number of amides is 1. The SMILES string of the molecule is CC(=O)O[C@H]1CC[C@]2(C)[C@H]3CC=C4[C@@H]5CC(C)(C)CC[C@]5(C(=O)N5CCNCC5)CC[C@@]4(C)[C@]3(C)CC[C@H]2C1(C)C. The van der Waals surface area contributed by atoms with Crippen LogP contribution in [0, 0.1) is 50.2 Å². The molecule has 1 N–H and O–H groups in total. The van der Waals surface area contributed by atoms with Gasteiger partial charge in [-0.2, -0.15) is 0 Å². The molecule has 1 saturated heterocycles. The van der Waals surface area contributed by atoms with Crippen LogP contribution in [0.1, 0.15) is 120 Å². The molecule has 0 unspecified atom stereocenters. The fourth-order valence-corrected chi connectivity index (χ4v) is 12.2. The fourth-order valence-electron chi connectivity index (χ4n) is 12.2. The van der Waals surface area contributed by atoms with Crippen LogP contribution in [0.15, 0.2) is 11.6 Å². The van der Waals surface area contributed by atoms with Gasteiger partial charge in [0.15, 0.2) is 0 Å². The minimum Gasteiger partial charge on any atom is -0.462 e. The summed E-state index contributed by atoms with van der Waals surface area (Å²) in [6, 6.07) is 0. The third-order valence-electron chi connectivity index (χ3n) is 14.7. The summed E-state index contributed by atoms with van der Waals surface area (Å²) in [5.74, 6) is 1.87. The Hall–Kier alpha value is -1.36. The molecule has 5 heteroatoms. The van der Waals surface area contributed by atoms with E-state index in [0.717, 1.165) is 77.5 Å². The van der Waals surface area contributed by atoms with Gasteiger partial charge in [0.2, 0.25) is 5.91 Å². The highest BCUT2D eigenvalue weighted by atomic mass is 16.5. The first kappa shape index (κ1) is 29.7. The Morgan fingerprint density at radius 2 is 1.56 bits per heavy atom. The molecule has 0 bridgehead atoms. The number of carbonyl (C=O) groups is 2. The van der Waals surface area contributed by atoms with Crippen LogP contribution in [0.4, 0.5) is 0 Å². The number of fused-ring (bicyclic) bond motifs is 7. The Kier molecular flexibility index (Phi) is 6.93. The lowest BCUT2D eigenvalue weighted by Gasteiger charge is -2.71. The van der Waals surface area contributed by atoms with E-state index in [-0.39, 0.29) is 44.6 Å². The van der Waals surface area contributed by atoms with Crippen molar-refractivity contribution in [3.05, 3.63) is 11.6 Å². The second kappa shape index (κ2) is 9.57. The maximum absolute atomic E-state index is 14.5. The van der Waals surface area contributed by atoms with E-state index in [0.29, 0.717) is 23.7 Å². The minimum atomic E-state index is -0.216. The first-order valence-corrected chi connectivity index (χ1v) is 17.0. The fraction of sp³-hybridized carbons (Fsp3) is 0.889. The summed E-state index contributed by atoms with van der Waals surface area (Å²) in [7, 11) is 0. The molecule has 0 spiro atoms. The third-order valence-corrected chi connectivity index (χ3v) is 14.7. The van der Waals surface area contributed by atoms with Gasteiger partial charge in [0.05, 0.1) is 5.41 Å². The number of piperazine rings is 1. The molecule has 8 atom stereocenters. The van der Waals surface area contributed by atoms with E-state index in [1.165, 1.54) is 12.8 Å². The number of carbonyl (C=O) groups excluding carboxylic acids is 2. The van der Waals surface area contributed by atoms with E-state index in [1.807, 2.05) is 0 Å². The molecule has 230 valence electrons. The molecule has 6 aliphatic rings. The number of hydrogen-bond donors (Lipinski definition) is 1. The van der Waals surface area contributed by atoms with Crippen molar-refractivity contribution in [3.63, 3.8) is 0 Å². The Balaban J connectivity index is 1.38. The standard InChI is InChI=1S/C36H58N2O3/c1-24(39)41-29-12-13-33(6)27(32(29,4)5)11-14-35(8)28(33)10-9-25-26-23-31(2,3)15-17-36(26,18-16-34(25,35)7)30(40)38-21-19-37-20-22-38/h9,26-29,37H,10-23H2,1-8H3/t26-,27-,28+,29-,33-,34+,35+,36-/m0/s1. The van der Waals surface area contributed by atoms with E-state index in [1.54, 1.807) is 12.5 Å². The molecule has 0 aromatic rings. The first-order chi connectivity index (χ1) is 19.1. The monoisotopic (exact) mass is 566 g/mol. The van der Waals surface area contributed by atoms with E-state index in [4.69, 9.17) is 4.74 Å². The molecule has 5 aliphatic carbocycles. The maximum Gasteiger partial charge on any atom is 0.302 e. The normalized spacial score (nSPS) is 46.6. The Morgan fingerprint density at radius 3 is 2.24 bits per heavy atom. The molecular weight excluding hydrogens is 508 g/mol. The van der Waals surface area contributed by atoms with Crippen molar-refractivity contribution in [3.8, 4) is 0 Å². The number of nitrogens with one attached hydrogen (secondary N) is 1. The van der Waals surface area contributed by atoms with Crippen LogP contribution < -0.4 is 5.32 Å². The van der Waals surface area contributed by atoms with Crippen molar-refractivity contribution < 1.29 is 14.3 Å². The second-order valence-electron chi connectivity index (χ2n) is 17.4. The van der Waals surface area contributed by atoms with Crippen LogP contribution >= 0.6 is 0 Å². The molecule has 1 amide bonds. The number of hydrogen-bond acceptors (Lipinski definition) is 4. The topological polar surface area (TPSA) is 58.6 Å². The summed E-state index contributed by atoms with van der Waals surface area (Å²) in [5.41, 5.74) is 2.29. The summed E-state index contributed by atoms with van der Waals surface area (Å²) >= 11 is 0.